The van der Waals surface area contributed by atoms with E-state index in [1.54, 1.807) is 18.2 Å². The van der Waals surface area contributed by atoms with Gasteiger partial charge in [-0.15, -0.1) is 0 Å². The van der Waals surface area contributed by atoms with E-state index in [9.17, 15) is 13.2 Å². The van der Waals surface area contributed by atoms with Crippen molar-refractivity contribution in [1.29, 1.82) is 0 Å². The number of nitrogens with two attached hydrogens (primary N) is 1. The molecule has 0 unspecified atom stereocenters. The smallest absolute Gasteiger partial charge is 0.277 e. The number of halogens is 1. The number of methoxy groups -OCH3 is 1. The van der Waals surface area contributed by atoms with Crippen molar-refractivity contribution in [3.8, 4) is 5.75 Å². The third-order valence-electron chi connectivity index (χ3n) is 6.92. The van der Waals surface area contributed by atoms with Crippen LogP contribution in [0, 0.1) is 0 Å². The second-order valence-electron chi connectivity index (χ2n) is 9.53. The van der Waals surface area contributed by atoms with Crippen molar-refractivity contribution >= 4 is 39.6 Å². The average molecular weight is 589 g/mol. The summed E-state index contributed by atoms with van der Waals surface area (Å²) in [7, 11) is -2.22. The third-order valence-corrected chi connectivity index (χ3v) is 8.31. The molecule has 1 heterocycles. The number of nitrogens with zero attached hydrogens (tertiary/aromatic N) is 3. The van der Waals surface area contributed by atoms with Gasteiger partial charge in [0, 0.05) is 31.1 Å². The van der Waals surface area contributed by atoms with Gasteiger partial charge in [-0.1, -0.05) is 42.5 Å². The second-order valence-corrected chi connectivity index (χ2v) is 11.4. The van der Waals surface area contributed by atoms with Crippen molar-refractivity contribution in [3.63, 3.8) is 0 Å². The van der Waals surface area contributed by atoms with E-state index < -0.39 is 10.2 Å². The van der Waals surface area contributed by atoms with Gasteiger partial charge in [0.2, 0.25) is 17.2 Å². The lowest BCUT2D eigenvalue weighted by molar-refractivity contribution is 0.0932. The maximum Gasteiger partial charge on any atom is 0.277 e. The Morgan fingerprint density at radius 3 is 2.45 bits per heavy atom. The Kier molecular flexibility index (Phi) is 9.74. The van der Waals surface area contributed by atoms with Crippen molar-refractivity contribution < 1.29 is 17.9 Å². The number of amides is 1. The number of para-hydroxylation sites is 1. The minimum Gasteiger partial charge on any atom is -0.496 e. The molecular formula is C26H33ClN8O4S. The molecule has 0 aliphatic heterocycles. The minimum atomic E-state index is -3.75. The summed E-state index contributed by atoms with van der Waals surface area (Å²) in [5.41, 5.74) is 6.78. The lowest BCUT2D eigenvalue weighted by Crippen LogP contribution is -2.49. The Balaban J connectivity index is 1.33. The molecule has 14 heteroatoms. The molecule has 3 aromatic rings. The molecule has 0 radical (unpaired) electrons. The molecule has 4 rings (SSSR count). The van der Waals surface area contributed by atoms with E-state index in [2.05, 4.69) is 47.2 Å². The first-order valence-electron chi connectivity index (χ1n) is 12.8. The maximum atomic E-state index is 13.0. The Bertz CT molecular complexity index is 1380. The van der Waals surface area contributed by atoms with Crippen LogP contribution in [0.5, 0.6) is 5.75 Å². The zero-order chi connectivity index (χ0) is 28.6. The Morgan fingerprint density at radius 1 is 1.05 bits per heavy atom. The molecule has 1 aliphatic rings. The highest BCUT2D eigenvalue weighted by Gasteiger charge is 2.38. The van der Waals surface area contributed by atoms with Crippen LogP contribution < -0.4 is 30.5 Å². The van der Waals surface area contributed by atoms with Gasteiger partial charge in [0.25, 0.3) is 16.1 Å². The predicted octanol–water partition coefficient (Wildman–Crippen LogP) is 2.26. The Morgan fingerprint density at radius 2 is 1.75 bits per heavy atom. The summed E-state index contributed by atoms with van der Waals surface area (Å²) in [6.07, 6.45) is 2.61. The first kappa shape index (κ1) is 29.5. The number of hydrogen-bond donors (Lipinski definition) is 5. The number of ether oxygens (including phenoxy) is 1. The Hall–Kier alpha value is -3.52. The molecule has 1 saturated carbocycles. The molecule has 0 bridgehead atoms. The van der Waals surface area contributed by atoms with Crippen LogP contribution in [0.2, 0.25) is 5.28 Å². The topological polar surface area (TPSA) is 173 Å². The van der Waals surface area contributed by atoms with Gasteiger partial charge >= 0.3 is 0 Å². The van der Waals surface area contributed by atoms with Crippen LogP contribution in [0.4, 0.5) is 11.9 Å². The summed E-state index contributed by atoms with van der Waals surface area (Å²) in [5.74, 6) is 0.422. The SMILES string of the molecule is COc1ccccc1C(=O)NC[C@]1(c2ccccc2)CC[C@H](NS(=O)(=O)NCCNc2nc(N)nc(Cl)n2)CC1. The van der Waals surface area contributed by atoms with E-state index in [0.29, 0.717) is 43.5 Å². The molecule has 1 fully saturated rings. The van der Waals surface area contributed by atoms with Gasteiger partial charge in [0.15, 0.2) is 0 Å². The van der Waals surface area contributed by atoms with E-state index in [1.165, 1.54) is 7.11 Å². The molecule has 0 saturated heterocycles. The van der Waals surface area contributed by atoms with E-state index in [4.69, 9.17) is 22.1 Å². The van der Waals surface area contributed by atoms with Gasteiger partial charge in [-0.25, -0.2) is 4.72 Å². The number of aromatic nitrogens is 3. The van der Waals surface area contributed by atoms with Gasteiger partial charge in [-0.3, -0.25) is 4.79 Å². The molecule has 0 atom stereocenters. The van der Waals surface area contributed by atoms with Crippen LogP contribution in [-0.4, -0.2) is 62.1 Å². The lowest BCUT2D eigenvalue weighted by Gasteiger charge is -2.41. The van der Waals surface area contributed by atoms with Crippen LogP contribution in [0.15, 0.2) is 54.6 Å². The fraction of sp³-hybridized carbons (Fsp3) is 0.385. The second kappa shape index (κ2) is 13.2. The molecule has 1 aromatic heterocycles. The number of nitrogen functional groups attached to an aromatic ring is 1. The van der Waals surface area contributed by atoms with Crippen molar-refractivity contribution in [2.75, 3.05) is 37.8 Å². The fourth-order valence-corrected chi connectivity index (χ4v) is 6.18. The lowest BCUT2D eigenvalue weighted by atomic mass is 9.68. The van der Waals surface area contributed by atoms with Gasteiger partial charge < -0.3 is 21.1 Å². The average Bonchev–Trinajstić information content (AvgIpc) is 2.95. The molecule has 6 N–H and O–H groups in total. The molecule has 2 aromatic carbocycles. The monoisotopic (exact) mass is 588 g/mol. The van der Waals surface area contributed by atoms with E-state index in [1.807, 2.05) is 24.3 Å². The number of carbonyl (C=O) groups excluding carboxylic acids is 1. The highest BCUT2D eigenvalue weighted by Crippen LogP contribution is 2.39. The summed E-state index contributed by atoms with van der Waals surface area (Å²) in [5, 5.41) is 5.89. The summed E-state index contributed by atoms with van der Waals surface area (Å²) in [6.45, 7) is 0.728. The highest BCUT2D eigenvalue weighted by atomic mass is 35.5. The van der Waals surface area contributed by atoms with Crippen molar-refractivity contribution in [1.82, 2.24) is 29.7 Å². The first-order chi connectivity index (χ1) is 19.2. The molecule has 1 amide bonds. The number of anilines is 2. The standard InChI is InChI=1S/C26H33ClN8O4S/c1-39-21-10-6-5-9-20(21)22(36)30-17-26(18-7-3-2-4-8-18)13-11-19(12-14-26)35-40(37,38)31-16-15-29-25-33-23(27)32-24(28)34-25/h2-10,19,31,35H,11-17H2,1H3,(H,30,36)(H3,28,29,32,33,34)/t19-,26-. The summed E-state index contributed by atoms with van der Waals surface area (Å²) >= 11 is 5.75. The van der Waals surface area contributed by atoms with Crippen molar-refractivity contribution in [2.45, 2.75) is 37.1 Å². The molecule has 1 aliphatic carbocycles. The largest absolute Gasteiger partial charge is 0.496 e. The molecule has 0 spiro atoms. The van der Waals surface area contributed by atoms with Gasteiger partial charge in [0.05, 0.1) is 12.7 Å². The van der Waals surface area contributed by atoms with E-state index in [0.717, 1.165) is 5.56 Å². The number of carbonyl (C=O) groups is 1. The van der Waals surface area contributed by atoms with Crippen molar-refractivity contribution in [2.24, 2.45) is 0 Å². The zero-order valence-electron chi connectivity index (χ0n) is 22.1. The van der Waals surface area contributed by atoms with Gasteiger partial charge in [0.1, 0.15) is 5.75 Å². The number of rotatable bonds is 12. The molecule has 40 heavy (non-hydrogen) atoms. The van der Waals surface area contributed by atoms with Crippen molar-refractivity contribution in [3.05, 3.63) is 71.0 Å². The summed E-state index contributed by atoms with van der Waals surface area (Å²) < 4.78 is 36.0. The predicted molar refractivity (Wildman–Crippen MR) is 154 cm³/mol. The first-order valence-corrected chi connectivity index (χ1v) is 14.7. The normalized spacial score (nSPS) is 19.1. The zero-order valence-corrected chi connectivity index (χ0v) is 23.6. The molecule has 12 nitrogen and oxygen atoms in total. The van der Waals surface area contributed by atoms with Crippen LogP contribution in [0.25, 0.3) is 0 Å². The van der Waals surface area contributed by atoms with Gasteiger partial charge in [-0.05, 0) is 55.0 Å². The van der Waals surface area contributed by atoms with Gasteiger partial charge in [-0.2, -0.15) is 28.1 Å². The fourth-order valence-electron chi connectivity index (χ4n) is 4.89. The van der Waals surface area contributed by atoms with E-state index in [-0.39, 0.29) is 47.6 Å². The summed E-state index contributed by atoms with van der Waals surface area (Å²) in [4.78, 5) is 24.5. The van der Waals surface area contributed by atoms with Crippen LogP contribution in [0.1, 0.15) is 41.6 Å². The minimum absolute atomic E-state index is 0.0343. The highest BCUT2D eigenvalue weighted by molar-refractivity contribution is 7.87. The Labute approximate surface area is 238 Å². The molecular weight excluding hydrogens is 556 g/mol. The van der Waals surface area contributed by atoms with Crippen LogP contribution >= 0.6 is 11.6 Å². The summed E-state index contributed by atoms with van der Waals surface area (Å²) in [6, 6.07) is 16.9. The number of benzene rings is 2. The number of hydrogen-bond acceptors (Lipinski definition) is 9. The van der Waals surface area contributed by atoms with Crippen LogP contribution in [0.3, 0.4) is 0 Å². The number of nitrogens with one attached hydrogen (secondary N) is 4. The third kappa shape index (κ3) is 7.78. The van der Waals surface area contributed by atoms with Crippen LogP contribution in [-0.2, 0) is 15.6 Å². The quantitative estimate of drug-likeness (QED) is 0.199. The molecule has 214 valence electrons. The van der Waals surface area contributed by atoms with E-state index >= 15 is 0 Å². The maximum absolute atomic E-state index is 13.0.